The van der Waals surface area contributed by atoms with Crippen molar-refractivity contribution in [2.24, 2.45) is 17.3 Å². The summed E-state index contributed by atoms with van der Waals surface area (Å²) in [6.07, 6.45) is 9.80. The monoisotopic (exact) mass is 370 g/mol. The molecule has 4 aliphatic carbocycles. The van der Waals surface area contributed by atoms with Crippen molar-refractivity contribution in [3.05, 3.63) is 48.3 Å². The number of aromatic nitrogens is 2. The van der Waals surface area contributed by atoms with Gasteiger partial charge in [-0.15, -0.1) is 11.6 Å². The van der Waals surface area contributed by atoms with Gasteiger partial charge < -0.3 is 4.74 Å². The summed E-state index contributed by atoms with van der Waals surface area (Å²) in [5.74, 6) is 1.18. The maximum Gasteiger partial charge on any atom is 0.312 e. The lowest BCUT2D eigenvalue weighted by atomic mass is 9.49. The quantitative estimate of drug-likeness (QED) is 0.588. The normalized spacial score (nSPS) is 34.8. The Balaban J connectivity index is 1.26. The maximum absolute atomic E-state index is 13.0. The zero-order valence-corrected chi connectivity index (χ0v) is 15.5. The van der Waals surface area contributed by atoms with Crippen LogP contribution in [0.4, 0.5) is 0 Å². The number of esters is 1. The van der Waals surface area contributed by atoms with Crippen LogP contribution in [0.1, 0.15) is 44.1 Å². The molecular formula is C21H23ClN2O2. The minimum absolute atomic E-state index is 0.0345. The summed E-state index contributed by atoms with van der Waals surface area (Å²) < 4.78 is 7.58. The summed E-state index contributed by atoms with van der Waals surface area (Å²) in [5, 5.41) is 4.22. The third kappa shape index (κ3) is 2.75. The highest BCUT2D eigenvalue weighted by molar-refractivity contribution is 6.24. The van der Waals surface area contributed by atoms with Gasteiger partial charge in [0.2, 0.25) is 0 Å². The molecule has 5 heteroatoms. The number of carbonyl (C=O) groups is 1. The highest BCUT2D eigenvalue weighted by Crippen LogP contribution is 2.64. The lowest BCUT2D eigenvalue weighted by molar-refractivity contribution is -0.171. The van der Waals surface area contributed by atoms with Gasteiger partial charge in [-0.2, -0.15) is 5.10 Å². The van der Waals surface area contributed by atoms with Crippen LogP contribution in [0.15, 0.2) is 42.7 Å². The molecule has 4 nitrogen and oxygen atoms in total. The van der Waals surface area contributed by atoms with E-state index in [1.807, 2.05) is 41.2 Å². The molecule has 2 aromatic rings. The van der Waals surface area contributed by atoms with Crippen LogP contribution in [0.2, 0.25) is 0 Å². The first kappa shape index (κ1) is 16.4. The molecule has 4 atom stereocenters. The largest absolute Gasteiger partial charge is 0.460 e. The number of carbonyl (C=O) groups excluding carboxylic acids is 1. The Bertz CT molecular complexity index is 801. The number of ether oxygens (including phenoxy) is 1. The van der Waals surface area contributed by atoms with Crippen LogP contribution in [-0.4, -0.2) is 20.6 Å². The van der Waals surface area contributed by atoms with Gasteiger partial charge in [0.15, 0.2) is 0 Å². The SMILES string of the molecule is O=C(OCc1ccc(-n2cccn2)cc1)C12C[C@@H]3C[C@@H](CC(Cl)(C3)C1)C2. The number of nitrogens with zero attached hydrogens (tertiary/aromatic N) is 2. The molecule has 1 aromatic carbocycles. The van der Waals surface area contributed by atoms with Crippen molar-refractivity contribution in [3.63, 3.8) is 0 Å². The Morgan fingerprint density at radius 3 is 2.54 bits per heavy atom. The highest BCUT2D eigenvalue weighted by Gasteiger charge is 2.60. The van der Waals surface area contributed by atoms with Crippen LogP contribution >= 0.6 is 11.6 Å². The first-order valence-corrected chi connectivity index (χ1v) is 9.87. The molecule has 0 aliphatic heterocycles. The van der Waals surface area contributed by atoms with Crippen molar-refractivity contribution in [2.45, 2.75) is 50.0 Å². The molecule has 1 aromatic heterocycles. The standard InChI is InChI=1S/C21H23ClN2O2/c22-21-11-16-8-17(12-21)10-20(9-16,14-21)19(25)26-13-15-2-4-18(5-3-15)24-7-1-6-23-24/h1-7,16-17H,8-14H2/t16-,17+,20?,21?. The smallest absolute Gasteiger partial charge is 0.312 e. The van der Waals surface area contributed by atoms with E-state index in [0.717, 1.165) is 43.4 Å². The second-order valence-electron chi connectivity index (χ2n) is 8.59. The summed E-state index contributed by atoms with van der Waals surface area (Å²) in [6.45, 7) is 0.324. The van der Waals surface area contributed by atoms with E-state index in [4.69, 9.17) is 16.3 Å². The summed E-state index contributed by atoms with van der Waals surface area (Å²) in [7, 11) is 0. The van der Waals surface area contributed by atoms with Crippen molar-refractivity contribution >= 4 is 17.6 Å². The topological polar surface area (TPSA) is 44.1 Å². The zero-order valence-electron chi connectivity index (χ0n) is 14.7. The predicted octanol–water partition coefficient (Wildman–Crippen LogP) is 4.49. The molecule has 4 aliphatic rings. The van der Waals surface area contributed by atoms with E-state index in [2.05, 4.69) is 5.10 Å². The van der Waals surface area contributed by atoms with Crippen molar-refractivity contribution in [1.29, 1.82) is 0 Å². The second kappa shape index (κ2) is 5.85. The summed E-state index contributed by atoms with van der Waals surface area (Å²) in [4.78, 5) is 12.8. The van der Waals surface area contributed by atoms with Crippen molar-refractivity contribution in [2.75, 3.05) is 0 Å². The molecular weight excluding hydrogens is 348 g/mol. The molecule has 0 saturated heterocycles. The van der Waals surface area contributed by atoms with Crippen molar-refractivity contribution < 1.29 is 9.53 Å². The number of hydrogen-bond donors (Lipinski definition) is 0. The molecule has 6 rings (SSSR count). The first-order chi connectivity index (χ1) is 12.5. The Morgan fingerprint density at radius 1 is 1.19 bits per heavy atom. The fourth-order valence-electron chi connectivity index (χ4n) is 5.86. The van der Waals surface area contributed by atoms with E-state index in [9.17, 15) is 4.79 Å². The Labute approximate surface area is 158 Å². The minimum Gasteiger partial charge on any atom is -0.460 e. The van der Waals surface area contributed by atoms with Crippen molar-refractivity contribution in [1.82, 2.24) is 9.78 Å². The number of rotatable bonds is 4. The molecule has 26 heavy (non-hydrogen) atoms. The van der Waals surface area contributed by atoms with E-state index in [-0.39, 0.29) is 16.3 Å². The molecule has 4 bridgehead atoms. The van der Waals surface area contributed by atoms with Gasteiger partial charge in [-0.3, -0.25) is 4.79 Å². The fraction of sp³-hybridized carbons (Fsp3) is 0.524. The molecule has 4 saturated carbocycles. The minimum atomic E-state index is -0.333. The van der Waals surface area contributed by atoms with Gasteiger partial charge in [0, 0.05) is 17.3 Å². The van der Waals surface area contributed by atoms with Crippen molar-refractivity contribution in [3.8, 4) is 5.69 Å². The van der Waals surface area contributed by atoms with Gasteiger partial charge in [0.25, 0.3) is 0 Å². The summed E-state index contributed by atoms with van der Waals surface area (Å²) in [6, 6.07) is 9.87. The number of alkyl halides is 1. The van der Waals surface area contributed by atoms with Gasteiger partial charge in [0.05, 0.1) is 11.1 Å². The van der Waals surface area contributed by atoms with E-state index >= 15 is 0 Å². The number of benzene rings is 1. The predicted molar refractivity (Wildman–Crippen MR) is 99.1 cm³/mol. The van der Waals surface area contributed by atoms with Gasteiger partial charge in [0.1, 0.15) is 6.61 Å². The molecule has 136 valence electrons. The van der Waals surface area contributed by atoms with Crippen LogP contribution in [0.5, 0.6) is 0 Å². The summed E-state index contributed by atoms with van der Waals surface area (Å²) in [5.41, 5.74) is 1.66. The highest BCUT2D eigenvalue weighted by atomic mass is 35.5. The van der Waals surface area contributed by atoms with Crippen LogP contribution in [0, 0.1) is 17.3 Å². The molecule has 0 radical (unpaired) electrons. The lowest BCUT2D eigenvalue weighted by Gasteiger charge is -2.58. The number of halogens is 1. The molecule has 0 amide bonds. The first-order valence-electron chi connectivity index (χ1n) is 9.49. The van der Waals surface area contributed by atoms with Crippen LogP contribution in [0.3, 0.4) is 0 Å². The van der Waals surface area contributed by atoms with E-state index in [0.29, 0.717) is 18.4 Å². The average Bonchev–Trinajstić information content (AvgIpc) is 3.12. The molecule has 4 fully saturated rings. The van der Waals surface area contributed by atoms with Gasteiger partial charge in [-0.05, 0) is 74.1 Å². The number of hydrogen-bond acceptors (Lipinski definition) is 3. The zero-order chi connectivity index (χ0) is 17.8. The van der Waals surface area contributed by atoms with Gasteiger partial charge in [-0.25, -0.2) is 4.68 Å². The maximum atomic E-state index is 13.0. The molecule has 1 heterocycles. The van der Waals surface area contributed by atoms with Gasteiger partial charge in [-0.1, -0.05) is 12.1 Å². The Hall–Kier alpha value is -1.81. The fourth-order valence-corrected chi connectivity index (χ4v) is 6.55. The van der Waals surface area contributed by atoms with E-state index in [1.54, 1.807) is 6.20 Å². The Kier molecular flexibility index (Phi) is 3.68. The van der Waals surface area contributed by atoms with E-state index < -0.39 is 0 Å². The Morgan fingerprint density at radius 2 is 1.92 bits per heavy atom. The molecule has 2 unspecified atom stereocenters. The third-order valence-electron chi connectivity index (χ3n) is 6.50. The summed E-state index contributed by atoms with van der Waals surface area (Å²) >= 11 is 6.83. The molecule has 0 spiro atoms. The van der Waals surface area contributed by atoms with Crippen LogP contribution in [0.25, 0.3) is 5.69 Å². The third-order valence-corrected chi connectivity index (χ3v) is 6.94. The second-order valence-corrected chi connectivity index (χ2v) is 9.39. The van der Waals surface area contributed by atoms with Gasteiger partial charge >= 0.3 is 5.97 Å². The van der Waals surface area contributed by atoms with Crippen LogP contribution < -0.4 is 0 Å². The average molecular weight is 371 g/mol. The van der Waals surface area contributed by atoms with Crippen LogP contribution in [-0.2, 0) is 16.1 Å². The molecule has 0 N–H and O–H groups in total. The van der Waals surface area contributed by atoms with E-state index in [1.165, 1.54) is 6.42 Å². The lowest BCUT2D eigenvalue weighted by Crippen LogP contribution is -2.56.